The van der Waals surface area contributed by atoms with Crippen LogP contribution in [0.3, 0.4) is 0 Å². The van der Waals surface area contributed by atoms with Gasteiger partial charge in [0.05, 0.1) is 23.7 Å². The van der Waals surface area contributed by atoms with Crippen LogP contribution in [0.25, 0.3) is 0 Å². The van der Waals surface area contributed by atoms with E-state index in [2.05, 4.69) is 18.9 Å². The van der Waals surface area contributed by atoms with Gasteiger partial charge in [0.25, 0.3) is 28.0 Å². The molecule has 9 rings (SSSR count). The van der Waals surface area contributed by atoms with Crippen LogP contribution in [0.1, 0.15) is 290 Å². The molecule has 0 spiro atoms. The number of hydrogen-bond acceptors (Lipinski definition) is 9. The van der Waals surface area contributed by atoms with Gasteiger partial charge in [-0.25, -0.2) is 0 Å². The highest BCUT2D eigenvalue weighted by Gasteiger charge is 2.79. The van der Waals surface area contributed by atoms with E-state index in [-0.39, 0.29) is 60.6 Å². The van der Waals surface area contributed by atoms with E-state index in [0.717, 1.165) is 103 Å². The lowest BCUT2D eigenvalue weighted by atomic mass is 9.65. The van der Waals surface area contributed by atoms with Crippen LogP contribution in [0.2, 0.25) is 0 Å². The van der Waals surface area contributed by atoms with Gasteiger partial charge in [0.2, 0.25) is 0 Å². The third-order valence-electron chi connectivity index (χ3n) is 25.3. The van der Waals surface area contributed by atoms with Gasteiger partial charge in [-0.1, -0.05) is 159 Å². The van der Waals surface area contributed by atoms with E-state index in [1.165, 1.54) is 89.8 Å². The third kappa shape index (κ3) is 26.9. The van der Waals surface area contributed by atoms with Crippen LogP contribution in [0.5, 0.6) is 0 Å². The van der Waals surface area contributed by atoms with Crippen LogP contribution in [-0.4, -0.2) is 123 Å². The predicted molar refractivity (Wildman–Crippen MR) is 430 cm³/mol. The molecule has 4 bridgehead atoms. The van der Waals surface area contributed by atoms with Crippen molar-refractivity contribution < 1.29 is 175 Å². The number of benzene rings is 4. The van der Waals surface area contributed by atoms with Crippen LogP contribution < -0.4 is 0 Å². The highest BCUT2D eigenvalue weighted by Crippen LogP contribution is 2.71. The van der Waals surface area contributed by atoms with Gasteiger partial charge in [0.1, 0.15) is 0 Å². The van der Waals surface area contributed by atoms with Crippen molar-refractivity contribution in [2.75, 3.05) is 20.3 Å². The summed E-state index contributed by atoms with van der Waals surface area (Å²) in [7, 11) is 1.42. The maximum Gasteiger partial charge on any atom is 0.430 e. The molecule has 0 radical (unpaired) electrons. The minimum absolute atomic E-state index is 0.00273. The smallest absolute Gasteiger partial charge is 0.430 e. The Hall–Kier alpha value is -6.03. The Labute approximate surface area is 745 Å². The number of esters is 1. The van der Waals surface area contributed by atoms with E-state index in [0.29, 0.717) is 96.1 Å². The summed E-state index contributed by atoms with van der Waals surface area (Å²) in [4.78, 5) is 10.8. The number of halogens is 30. The number of fused-ring (bicyclic) bond motifs is 9. The van der Waals surface area contributed by atoms with Gasteiger partial charge in [-0.05, 0) is 246 Å². The molecule has 13 atom stereocenters. The molecule has 1 saturated heterocycles. The summed E-state index contributed by atoms with van der Waals surface area (Å²) >= 11 is 0. The summed E-state index contributed by atoms with van der Waals surface area (Å²) in [5.41, 5.74) is -27.3. The lowest BCUT2D eigenvalue weighted by Crippen LogP contribution is -2.62. The van der Waals surface area contributed by atoms with Gasteiger partial charge in [0.15, 0.2) is 12.6 Å². The zero-order valence-electron chi connectivity index (χ0n) is 76.6. The molecular formula is C92H122F30O9. The number of methoxy groups -OCH3 is 1. The monoisotopic (exact) mass is 1940 g/mol. The maximum absolute atomic E-state index is 13.9. The Morgan fingerprint density at radius 2 is 0.733 bits per heavy atom. The molecule has 4 aromatic rings. The molecule has 4 aromatic carbocycles. The molecule has 754 valence electrons. The quantitative estimate of drug-likeness (QED) is 0.0318. The first-order chi connectivity index (χ1) is 59.3. The van der Waals surface area contributed by atoms with Crippen molar-refractivity contribution in [2.24, 2.45) is 46.8 Å². The fourth-order valence-electron chi connectivity index (χ4n) is 17.4. The second kappa shape index (κ2) is 43.8. The van der Waals surface area contributed by atoms with Crippen LogP contribution in [0.15, 0.2) is 97.1 Å². The number of alkyl halides is 30. The molecular weight excluding hydrogens is 1820 g/mol. The Kier molecular flexibility index (Phi) is 39.2. The molecule has 1 aliphatic heterocycles. The van der Waals surface area contributed by atoms with Gasteiger partial charge in [-0.2, -0.15) is 132 Å². The number of rotatable bonds is 24. The molecule has 0 aromatic heterocycles. The Bertz CT molecular complexity index is 4030. The van der Waals surface area contributed by atoms with Crippen LogP contribution in [-0.2, 0) is 60.4 Å². The number of aliphatic hydroxyl groups is 1. The third-order valence-corrected chi connectivity index (χ3v) is 25.3. The molecule has 39 heteroatoms. The van der Waals surface area contributed by atoms with E-state index >= 15 is 0 Å². The van der Waals surface area contributed by atoms with Crippen LogP contribution in [0, 0.1) is 46.8 Å². The van der Waals surface area contributed by atoms with Crippen molar-refractivity contribution in [2.45, 2.75) is 359 Å². The Balaban J connectivity index is 0.000000335. The number of carbonyl (C=O) groups excluding carboxylic acids is 1. The van der Waals surface area contributed by atoms with Gasteiger partial charge in [0, 0.05) is 35.5 Å². The van der Waals surface area contributed by atoms with Crippen molar-refractivity contribution in [3.63, 3.8) is 0 Å². The van der Waals surface area contributed by atoms with E-state index in [1.807, 2.05) is 69.2 Å². The molecule has 13 unspecified atom stereocenters. The van der Waals surface area contributed by atoms with E-state index in [4.69, 9.17) is 14.2 Å². The molecule has 1 N–H and O–H groups in total. The van der Waals surface area contributed by atoms with Crippen molar-refractivity contribution in [1.29, 1.82) is 0 Å². The normalized spacial score (nSPS) is 21.6. The van der Waals surface area contributed by atoms with Gasteiger partial charge in [-0.3, -0.25) is 4.79 Å². The molecule has 0 amide bonds. The van der Waals surface area contributed by atoms with Crippen molar-refractivity contribution in [1.82, 2.24) is 0 Å². The lowest BCUT2D eigenvalue weighted by molar-refractivity contribution is -0.419. The molecule has 9 nitrogen and oxygen atoms in total. The lowest BCUT2D eigenvalue weighted by Gasteiger charge is -2.46. The largest absolute Gasteiger partial charge is 0.469 e. The zero-order valence-corrected chi connectivity index (χ0v) is 76.6. The first-order valence-corrected chi connectivity index (χ1v) is 43.2. The van der Waals surface area contributed by atoms with Crippen molar-refractivity contribution in [3.8, 4) is 0 Å². The average molecular weight is 1940 g/mol. The summed E-state index contributed by atoms with van der Waals surface area (Å²) in [6.07, 6.45) is -51.6. The first kappa shape index (κ1) is 117. The standard InChI is InChI=1S/C20H28F6O.C18H22F6O2.C17H22F6O2.C17H22F6O.C13H14F6O.C7H14O2/c1-17(2,3)27-18(19(21,22)23,20(24,25)26)9-13-7-12-8-14(13)16-11-5-4-10(6-11)15(12)16;1-3-12(2)13-7-9-14(10-8-13)16(17(19,20)21,18(22,23)24)26-15-6-4-5-11-25-15;1-5-11(3)13-7-9-14(10-8-13)15(16(18,19)20,17(21,22)23)25-12(4)24-6-2;1-6-11(2)12-7-9-13(10-8-12)15(16(18,19)20,17(21,22)23)24-14(3,4)5;1-3-8(2)9-4-6-10(7-5-9)11(20,12(14,15)16)13(17,18)19;1-5-7(2,3)6(8)9-4/h10-16H,4-9H2,1-3H3;7-10,12,15H,3-6,11H2,1-2H3;7-12H,5-6H2,1-4H3;7-11H,6H2,1-5H3;4-8,20H,3H2,1-2H3;5H2,1-4H3. The predicted octanol–water partition coefficient (Wildman–Crippen LogP) is 30.8. The van der Waals surface area contributed by atoms with E-state index in [1.54, 1.807) is 6.92 Å². The van der Waals surface area contributed by atoms with Crippen LogP contribution in [0.4, 0.5) is 132 Å². The molecule has 131 heavy (non-hydrogen) atoms. The fourth-order valence-corrected chi connectivity index (χ4v) is 17.4. The van der Waals surface area contributed by atoms with Crippen molar-refractivity contribution >= 4 is 5.97 Å². The molecule has 1 heterocycles. The zero-order chi connectivity index (χ0) is 101. The average Bonchev–Trinajstić information content (AvgIpc) is 1.55. The van der Waals surface area contributed by atoms with Gasteiger partial charge in [-0.15, -0.1) is 0 Å². The number of ether oxygens (including phenoxy) is 7. The molecule has 5 aliphatic rings. The Morgan fingerprint density at radius 3 is 1.02 bits per heavy atom. The minimum Gasteiger partial charge on any atom is -0.469 e. The summed E-state index contributed by atoms with van der Waals surface area (Å²) in [5, 5.41) is 9.19. The highest BCUT2D eigenvalue weighted by atomic mass is 19.5. The minimum atomic E-state index is -5.84. The Morgan fingerprint density at radius 1 is 0.397 bits per heavy atom. The summed E-state index contributed by atoms with van der Waals surface area (Å²) in [5.74, 6) is 1.80. The topological polar surface area (TPSA) is 102 Å². The maximum atomic E-state index is 13.9. The fraction of sp³-hybridized carbons (Fsp3) is 0.728. The molecule has 4 aliphatic carbocycles. The summed E-state index contributed by atoms with van der Waals surface area (Å²) < 4.78 is 437. The number of hydrogen-bond donors (Lipinski definition) is 1. The second-order valence-corrected chi connectivity index (χ2v) is 36.8. The summed E-state index contributed by atoms with van der Waals surface area (Å²) in [6, 6.07) is 16.4. The molecule has 4 saturated carbocycles. The van der Waals surface area contributed by atoms with Gasteiger partial charge >= 0.3 is 67.7 Å². The summed E-state index contributed by atoms with van der Waals surface area (Å²) in [6.45, 7) is 30.2. The van der Waals surface area contributed by atoms with Gasteiger partial charge < -0.3 is 38.3 Å². The highest BCUT2D eigenvalue weighted by molar-refractivity contribution is 5.75. The second-order valence-electron chi connectivity index (χ2n) is 36.8. The SMILES string of the molecule is CC(C)(C)OC(CC1CC2CC1C1C3CCC(C3)C21)(C(F)(F)F)C(F)(F)F.CCC(C)(C)C(=O)OC.CCC(C)c1ccc(C(O)(C(F)(F)F)C(F)(F)F)cc1.CCC(C)c1ccc(C(OC(C)(C)C)(C(F)(F)F)C(F)(F)F)cc1.CCC(C)c1ccc(C(OC2CCCCO2)(C(F)(F)F)C(F)(F)F)cc1.CCOC(C)OC(c1ccc(C(C)CC)cc1)(C(F)(F)F)C(F)(F)F. The van der Waals surface area contributed by atoms with Crippen molar-refractivity contribution in [3.05, 3.63) is 142 Å². The van der Waals surface area contributed by atoms with E-state index < -0.39 is 148 Å². The van der Waals surface area contributed by atoms with E-state index in [9.17, 15) is 142 Å². The number of carbonyl (C=O) groups is 1. The first-order valence-electron chi connectivity index (χ1n) is 43.2. The van der Waals surface area contributed by atoms with Crippen LogP contribution >= 0.6 is 0 Å². The molecule has 5 fully saturated rings.